The lowest BCUT2D eigenvalue weighted by atomic mass is 10.0. The van der Waals surface area contributed by atoms with Gasteiger partial charge in [0.15, 0.2) is 0 Å². The van der Waals surface area contributed by atoms with E-state index >= 15 is 0 Å². The summed E-state index contributed by atoms with van der Waals surface area (Å²) in [5.41, 5.74) is 0.157. The summed E-state index contributed by atoms with van der Waals surface area (Å²) in [6, 6.07) is 0.667. The first-order chi connectivity index (χ1) is 16.1. The molecule has 2 heterocycles. The van der Waals surface area contributed by atoms with Gasteiger partial charge in [-0.25, -0.2) is 5.01 Å². The number of hydrogen-bond acceptors (Lipinski definition) is 6. The van der Waals surface area contributed by atoms with Gasteiger partial charge in [-0.15, -0.1) is 0 Å². The molecule has 2 saturated heterocycles. The van der Waals surface area contributed by atoms with E-state index in [1.54, 1.807) is 0 Å². The minimum absolute atomic E-state index is 0.0159. The number of nitrogens with one attached hydrogen (secondary N) is 2. The maximum Gasteiger partial charge on any atom is 0.305 e. The number of rotatable bonds is 7. The Hall–Kier alpha value is -3.18. The zero-order chi connectivity index (χ0) is 25.0. The Morgan fingerprint density at radius 2 is 1.91 bits per heavy atom. The van der Waals surface area contributed by atoms with Crippen LogP contribution in [0.25, 0.3) is 0 Å². The van der Waals surface area contributed by atoms with Crippen molar-refractivity contribution in [3.8, 4) is 0 Å². The molecule has 0 saturated carbocycles. The maximum atomic E-state index is 13.4. The number of carbonyl (C=O) groups is 6. The van der Waals surface area contributed by atoms with Crippen LogP contribution in [0.2, 0.25) is 10.0 Å². The van der Waals surface area contributed by atoms with Gasteiger partial charge in [-0.05, 0) is 37.5 Å². The number of halogens is 2. The number of carboxylic acid groups (broad SMARTS) is 1. The van der Waals surface area contributed by atoms with E-state index in [9.17, 15) is 28.8 Å². The number of amides is 4. The van der Waals surface area contributed by atoms with Gasteiger partial charge in [0.05, 0.1) is 22.5 Å². The fraction of sp³-hybridized carbons (Fsp3) is 0.429. The second kappa shape index (κ2) is 10.8. The number of hydrogen-bond donors (Lipinski definition) is 3. The molecule has 1 aromatic rings. The molecule has 11 nitrogen and oxygen atoms in total. The molecular formula is C21H22Cl2N4O7. The van der Waals surface area contributed by atoms with E-state index < -0.39 is 54.1 Å². The first-order valence-electron chi connectivity index (χ1n) is 10.5. The molecule has 0 unspecified atom stereocenters. The fourth-order valence-corrected chi connectivity index (χ4v) is 4.18. The Kier molecular flexibility index (Phi) is 8.11. The van der Waals surface area contributed by atoms with E-state index in [4.69, 9.17) is 28.3 Å². The molecule has 0 aromatic heterocycles. The number of hydrazine groups is 1. The summed E-state index contributed by atoms with van der Waals surface area (Å²) in [6.07, 6.45) is 0.246. The van der Waals surface area contributed by atoms with Gasteiger partial charge in [-0.1, -0.05) is 23.2 Å². The van der Waals surface area contributed by atoms with Gasteiger partial charge in [-0.3, -0.25) is 29.0 Å². The van der Waals surface area contributed by atoms with E-state index in [1.165, 1.54) is 23.2 Å². The van der Waals surface area contributed by atoms with E-state index in [2.05, 4.69) is 10.6 Å². The maximum absolute atomic E-state index is 13.4. The molecule has 2 fully saturated rings. The van der Waals surface area contributed by atoms with Crippen LogP contribution in [0.5, 0.6) is 0 Å². The molecule has 2 aliphatic rings. The summed E-state index contributed by atoms with van der Waals surface area (Å²) in [7, 11) is 0. The highest BCUT2D eigenvalue weighted by Crippen LogP contribution is 2.26. The number of benzene rings is 1. The standard InChI is InChI=1S/C21H22Cl2N4O7/c22-13-4-3-11(8-14(13)23)19(32)25-15-5-6-17(29)26-7-1-2-16(27(26)21(15)34)20(33)24-12(10-28)9-18(30)31/h3-4,8,10,12,15-16H,1-2,5-7,9H2,(H,24,33)(H,25,32)(H,30,31)/t12-,15-,16-/m0/s1. The van der Waals surface area contributed by atoms with Crippen molar-refractivity contribution in [2.24, 2.45) is 0 Å². The van der Waals surface area contributed by atoms with Crippen LogP contribution >= 0.6 is 23.2 Å². The summed E-state index contributed by atoms with van der Waals surface area (Å²) >= 11 is 11.8. The van der Waals surface area contributed by atoms with Gasteiger partial charge in [0.2, 0.25) is 11.8 Å². The number of fused-ring (bicyclic) bond motifs is 1. The number of carbonyl (C=O) groups excluding carboxylic acids is 5. The first-order valence-corrected chi connectivity index (χ1v) is 11.2. The topological polar surface area (TPSA) is 153 Å². The van der Waals surface area contributed by atoms with E-state index in [0.29, 0.717) is 12.7 Å². The van der Waals surface area contributed by atoms with E-state index in [-0.39, 0.29) is 41.4 Å². The number of carboxylic acids is 1. The Labute approximate surface area is 204 Å². The quantitative estimate of drug-likeness (QED) is 0.456. The van der Waals surface area contributed by atoms with Gasteiger partial charge in [0.25, 0.3) is 11.8 Å². The van der Waals surface area contributed by atoms with E-state index in [1.807, 2.05) is 0 Å². The summed E-state index contributed by atoms with van der Waals surface area (Å²) in [5, 5.41) is 16.4. The fourth-order valence-electron chi connectivity index (χ4n) is 3.89. The molecule has 1 aromatic carbocycles. The third-order valence-corrected chi connectivity index (χ3v) is 6.28. The number of aliphatic carboxylic acids is 1. The second-order valence-electron chi connectivity index (χ2n) is 7.90. The molecule has 34 heavy (non-hydrogen) atoms. The van der Waals surface area contributed by atoms with Crippen molar-refractivity contribution in [3.63, 3.8) is 0 Å². The molecule has 0 radical (unpaired) electrons. The second-order valence-corrected chi connectivity index (χ2v) is 8.71. The lowest BCUT2D eigenvalue weighted by molar-refractivity contribution is -0.176. The summed E-state index contributed by atoms with van der Waals surface area (Å²) < 4.78 is 0. The largest absolute Gasteiger partial charge is 0.481 e. The highest BCUT2D eigenvalue weighted by atomic mass is 35.5. The zero-order valence-electron chi connectivity index (χ0n) is 17.8. The number of nitrogens with zero attached hydrogens (tertiary/aromatic N) is 2. The predicted octanol–water partition coefficient (Wildman–Crippen LogP) is 0.779. The smallest absolute Gasteiger partial charge is 0.305 e. The molecule has 4 amide bonds. The Morgan fingerprint density at radius 3 is 2.56 bits per heavy atom. The van der Waals surface area contributed by atoms with Crippen LogP contribution in [0.3, 0.4) is 0 Å². The molecular weight excluding hydrogens is 491 g/mol. The van der Waals surface area contributed by atoms with Gasteiger partial charge in [-0.2, -0.15) is 0 Å². The SMILES string of the molecule is O=C[C@H](CC(=O)O)NC(=O)[C@@H]1CCCN2C(=O)CC[C@H](NC(=O)c3ccc(Cl)c(Cl)c3)C(=O)N12. The van der Waals surface area contributed by atoms with Crippen molar-refractivity contribution in [2.75, 3.05) is 6.54 Å². The van der Waals surface area contributed by atoms with Crippen LogP contribution in [0.15, 0.2) is 18.2 Å². The van der Waals surface area contributed by atoms with Crippen LogP contribution in [-0.2, 0) is 24.0 Å². The molecule has 0 spiro atoms. The minimum atomic E-state index is -1.29. The highest BCUT2D eigenvalue weighted by Gasteiger charge is 2.45. The highest BCUT2D eigenvalue weighted by molar-refractivity contribution is 6.42. The van der Waals surface area contributed by atoms with Gasteiger partial charge in [0.1, 0.15) is 18.4 Å². The Bertz CT molecular complexity index is 1030. The lowest BCUT2D eigenvalue weighted by Gasteiger charge is -2.43. The predicted molar refractivity (Wildman–Crippen MR) is 119 cm³/mol. The molecule has 3 rings (SSSR count). The minimum Gasteiger partial charge on any atom is -0.481 e. The van der Waals surface area contributed by atoms with Gasteiger partial charge in [0, 0.05) is 18.5 Å². The van der Waals surface area contributed by atoms with Crippen molar-refractivity contribution in [1.29, 1.82) is 0 Å². The van der Waals surface area contributed by atoms with Gasteiger partial charge >= 0.3 is 5.97 Å². The average molecular weight is 513 g/mol. The molecule has 3 atom stereocenters. The summed E-state index contributed by atoms with van der Waals surface area (Å²) in [6.45, 7) is 0.202. The van der Waals surface area contributed by atoms with Crippen molar-refractivity contribution in [1.82, 2.24) is 20.7 Å². The monoisotopic (exact) mass is 512 g/mol. The lowest BCUT2D eigenvalue weighted by Crippen LogP contribution is -2.64. The summed E-state index contributed by atoms with van der Waals surface area (Å²) in [5.74, 6) is -3.72. The first kappa shape index (κ1) is 25.4. The number of aldehydes is 1. The Balaban J connectivity index is 1.82. The zero-order valence-corrected chi connectivity index (χ0v) is 19.3. The van der Waals surface area contributed by atoms with Crippen LogP contribution in [0, 0.1) is 0 Å². The average Bonchev–Trinajstić information content (AvgIpc) is 2.92. The van der Waals surface area contributed by atoms with Crippen LogP contribution in [0.4, 0.5) is 0 Å². The third-order valence-electron chi connectivity index (χ3n) is 5.54. The molecule has 0 aliphatic carbocycles. The van der Waals surface area contributed by atoms with Crippen molar-refractivity contribution in [3.05, 3.63) is 33.8 Å². The van der Waals surface area contributed by atoms with Gasteiger partial charge < -0.3 is 20.5 Å². The van der Waals surface area contributed by atoms with E-state index in [0.717, 1.165) is 5.01 Å². The van der Waals surface area contributed by atoms with Crippen LogP contribution < -0.4 is 10.6 Å². The van der Waals surface area contributed by atoms with Crippen LogP contribution in [0.1, 0.15) is 42.5 Å². The third kappa shape index (κ3) is 5.65. The Morgan fingerprint density at radius 1 is 1.18 bits per heavy atom. The summed E-state index contributed by atoms with van der Waals surface area (Å²) in [4.78, 5) is 73.8. The van der Waals surface area contributed by atoms with Crippen LogP contribution in [-0.4, -0.2) is 75.7 Å². The molecule has 3 N–H and O–H groups in total. The normalized spacial score (nSPS) is 21.2. The molecule has 2 aliphatic heterocycles. The van der Waals surface area contributed by atoms with Crippen molar-refractivity contribution < 1.29 is 33.9 Å². The molecule has 182 valence electrons. The molecule has 13 heteroatoms. The van der Waals surface area contributed by atoms with Crippen molar-refractivity contribution >= 4 is 59.1 Å². The molecule has 0 bridgehead atoms. The van der Waals surface area contributed by atoms with Crippen molar-refractivity contribution in [2.45, 2.75) is 50.2 Å².